The maximum absolute atomic E-state index is 11.9. The second kappa shape index (κ2) is 6.48. The molecule has 3 aromatic rings. The Balaban J connectivity index is 1.82. The number of aromatic nitrogens is 4. The lowest BCUT2D eigenvalue weighted by Gasteiger charge is -2.00. The van der Waals surface area contributed by atoms with Crippen LogP contribution in [-0.4, -0.2) is 33.0 Å². The van der Waals surface area contributed by atoms with Crippen molar-refractivity contribution in [3.05, 3.63) is 59.0 Å². The smallest absolute Gasteiger partial charge is 0.361 e. The number of carbonyl (C=O) groups excluding carboxylic acids is 1. The normalized spacial score (nSPS) is 10.7. The fraction of sp³-hybridized carbons (Fsp3) is 0.235. The highest BCUT2D eigenvalue weighted by atomic mass is 16.5. The SMILES string of the molecule is CCOC(=O)c1n[nH]nc1-c1c[nH]c(Cc2cccc(C)c2)c1. The average Bonchev–Trinajstić information content (AvgIpc) is 3.16. The second-order valence-electron chi connectivity index (χ2n) is 5.32. The highest BCUT2D eigenvalue weighted by molar-refractivity contribution is 5.93. The number of H-pyrrole nitrogens is 2. The zero-order chi connectivity index (χ0) is 16.2. The Morgan fingerprint density at radius 2 is 2.13 bits per heavy atom. The number of nitrogens with zero attached hydrogens (tertiary/aromatic N) is 2. The molecule has 0 aliphatic heterocycles. The Kier molecular flexibility index (Phi) is 4.23. The first-order valence-electron chi connectivity index (χ1n) is 7.48. The molecule has 6 nitrogen and oxygen atoms in total. The first-order valence-corrected chi connectivity index (χ1v) is 7.48. The molecule has 0 spiro atoms. The van der Waals surface area contributed by atoms with Crippen molar-refractivity contribution in [1.29, 1.82) is 0 Å². The minimum absolute atomic E-state index is 0.202. The van der Waals surface area contributed by atoms with Crippen LogP contribution in [0.15, 0.2) is 36.5 Å². The van der Waals surface area contributed by atoms with Crippen molar-refractivity contribution >= 4 is 5.97 Å². The molecule has 2 heterocycles. The molecule has 0 bridgehead atoms. The maximum Gasteiger partial charge on any atom is 0.361 e. The highest BCUT2D eigenvalue weighted by Gasteiger charge is 2.19. The highest BCUT2D eigenvalue weighted by Crippen LogP contribution is 2.22. The van der Waals surface area contributed by atoms with Gasteiger partial charge in [0.2, 0.25) is 0 Å². The van der Waals surface area contributed by atoms with Gasteiger partial charge in [-0.1, -0.05) is 29.8 Å². The van der Waals surface area contributed by atoms with E-state index in [4.69, 9.17) is 4.74 Å². The number of aromatic amines is 2. The third kappa shape index (κ3) is 3.31. The summed E-state index contributed by atoms with van der Waals surface area (Å²) in [6.07, 6.45) is 2.61. The van der Waals surface area contributed by atoms with E-state index in [1.807, 2.05) is 18.3 Å². The van der Waals surface area contributed by atoms with Gasteiger partial charge in [0.15, 0.2) is 5.69 Å². The maximum atomic E-state index is 11.9. The van der Waals surface area contributed by atoms with Crippen LogP contribution in [0.2, 0.25) is 0 Å². The number of esters is 1. The number of aryl methyl sites for hydroxylation is 1. The summed E-state index contributed by atoms with van der Waals surface area (Å²) in [5, 5.41) is 10.4. The largest absolute Gasteiger partial charge is 0.461 e. The van der Waals surface area contributed by atoms with Gasteiger partial charge in [-0.15, -0.1) is 5.10 Å². The van der Waals surface area contributed by atoms with Crippen LogP contribution >= 0.6 is 0 Å². The van der Waals surface area contributed by atoms with Crippen molar-refractivity contribution in [2.45, 2.75) is 20.3 Å². The van der Waals surface area contributed by atoms with E-state index in [-0.39, 0.29) is 5.69 Å². The third-order valence-corrected chi connectivity index (χ3v) is 3.51. The van der Waals surface area contributed by atoms with Crippen molar-refractivity contribution in [2.75, 3.05) is 6.61 Å². The van der Waals surface area contributed by atoms with Crippen LogP contribution in [0, 0.1) is 6.92 Å². The molecule has 0 atom stereocenters. The Bertz CT molecular complexity index is 819. The summed E-state index contributed by atoms with van der Waals surface area (Å²) in [6.45, 7) is 4.13. The lowest BCUT2D eigenvalue weighted by Crippen LogP contribution is -2.06. The first kappa shape index (κ1) is 15.0. The number of ether oxygens (including phenoxy) is 1. The van der Waals surface area contributed by atoms with Crippen molar-refractivity contribution in [2.24, 2.45) is 0 Å². The summed E-state index contributed by atoms with van der Waals surface area (Å²) >= 11 is 0. The summed E-state index contributed by atoms with van der Waals surface area (Å²) in [5.41, 5.74) is 5.01. The van der Waals surface area contributed by atoms with Gasteiger partial charge in [-0.3, -0.25) is 0 Å². The monoisotopic (exact) mass is 310 g/mol. The number of hydrogen-bond donors (Lipinski definition) is 2. The molecule has 0 saturated heterocycles. The number of hydrogen-bond acceptors (Lipinski definition) is 4. The van der Waals surface area contributed by atoms with Crippen molar-refractivity contribution in [1.82, 2.24) is 20.4 Å². The fourth-order valence-corrected chi connectivity index (χ4v) is 2.50. The van der Waals surface area contributed by atoms with Gasteiger partial charge in [-0.05, 0) is 25.5 Å². The van der Waals surface area contributed by atoms with E-state index >= 15 is 0 Å². The number of benzene rings is 1. The summed E-state index contributed by atoms with van der Waals surface area (Å²) in [7, 11) is 0. The quantitative estimate of drug-likeness (QED) is 0.710. The summed E-state index contributed by atoms with van der Waals surface area (Å²) in [5.74, 6) is -0.474. The molecule has 2 N–H and O–H groups in total. The molecule has 0 amide bonds. The lowest BCUT2D eigenvalue weighted by molar-refractivity contribution is 0.0520. The topological polar surface area (TPSA) is 83.7 Å². The lowest BCUT2D eigenvalue weighted by atomic mass is 10.1. The Hall–Kier alpha value is -2.89. The molecule has 1 aromatic carbocycles. The Labute approximate surface area is 133 Å². The second-order valence-corrected chi connectivity index (χ2v) is 5.32. The minimum atomic E-state index is -0.474. The van der Waals surface area contributed by atoms with E-state index < -0.39 is 5.97 Å². The van der Waals surface area contributed by atoms with E-state index in [0.29, 0.717) is 12.3 Å². The number of carbonyl (C=O) groups is 1. The standard InChI is InChI=1S/C17H18N4O2/c1-3-23-17(22)16-15(19-21-20-16)13-9-14(18-10-13)8-12-6-4-5-11(2)7-12/h4-7,9-10,18H,3,8H2,1-2H3,(H,19,20,21). The predicted molar refractivity (Wildman–Crippen MR) is 86.1 cm³/mol. The van der Waals surface area contributed by atoms with E-state index in [0.717, 1.165) is 17.7 Å². The van der Waals surface area contributed by atoms with Gasteiger partial charge >= 0.3 is 5.97 Å². The van der Waals surface area contributed by atoms with Crippen LogP contribution < -0.4 is 0 Å². The zero-order valence-electron chi connectivity index (χ0n) is 13.1. The molecule has 0 fully saturated rings. The summed E-state index contributed by atoms with van der Waals surface area (Å²) in [4.78, 5) is 15.1. The molecule has 118 valence electrons. The average molecular weight is 310 g/mol. The van der Waals surface area contributed by atoms with Crippen LogP contribution in [0.4, 0.5) is 0 Å². The third-order valence-electron chi connectivity index (χ3n) is 3.51. The van der Waals surface area contributed by atoms with Gasteiger partial charge in [0.25, 0.3) is 0 Å². The van der Waals surface area contributed by atoms with Crippen molar-refractivity contribution in [3.8, 4) is 11.3 Å². The number of rotatable bonds is 5. The van der Waals surface area contributed by atoms with E-state index in [1.165, 1.54) is 11.1 Å². The van der Waals surface area contributed by atoms with Gasteiger partial charge in [-0.25, -0.2) is 4.79 Å². The Morgan fingerprint density at radius 1 is 1.26 bits per heavy atom. The molecule has 2 aromatic heterocycles. The molecule has 0 radical (unpaired) electrons. The predicted octanol–water partition coefficient (Wildman–Crippen LogP) is 2.88. The van der Waals surface area contributed by atoms with E-state index in [2.05, 4.69) is 45.5 Å². The summed E-state index contributed by atoms with van der Waals surface area (Å²) < 4.78 is 4.99. The molecular formula is C17H18N4O2. The molecular weight excluding hydrogens is 292 g/mol. The van der Waals surface area contributed by atoms with Gasteiger partial charge in [0, 0.05) is 23.9 Å². The molecule has 3 rings (SSSR count). The molecule has 0 saturated carbocycles. The van der Waals surface area contributed by atoms with Crippen molar-refractivity contribution < 1.29 is 9.53 Å². The fourth-order valence-electron chi connectivity index (χ4n) is 2.50. The molecule has 0 unspecified atom stereocenters. The van der Waals surface area contributed by atoms with Crippen LogP contribution in [0.3, 0.4) is 0 Å². The molecule has 6 heteroatoms. The van der Waals surface area contributed by atoms with Crippen molar-refractivity contribution in [3.63, 3.8) is 0 Å². The van der Waals surface area contributed by atoms with Crippen LogP contribution in [-0.2, 0) is 11.2 Å². The van der Waals surface area contributed by atoms with E-state index in [1.54, 1.807) is 6.92 Å². The Morgan fingerprint density at radius 3 is 2.91 bits per heavy atom. The molecule has 23 heavy (non-hydrogen) atoms. The number of nitrogens with one attached hydrogen (secondary N) is 2. The van der Waals surface area contributed by atoms with Gasteiger partial charge in [0.05, 0.1) is 6.61 Å². The first-order chi connectivity index (χ1) is 11.2. The minimum Gasteiger partial charge on any atom is -0.461 e. The van der Waals surface area contributed by atoms with Gasteiger partial charge in [-0.2, -0.15) is 10.3 Å². The van der Waals surface area contributed by atoms with Gasteiger partial charge in [0.1, 0.15) is 5.69 Å². The zero-order valence-corrected chi connectivity index (χ0v) is 13.1. The molecule has 0 aliphatic rings. The van der Waals surface area contributed by atoms with Crippen LogP contribution in [0.25, 0.3) is 11.3 Å². The molecule has 0 aliphatic carbocycles. The summed E-state index contributed by atoms with van der Waals surface area (Å²) in [6, 6.07) is 10.3. The van der Waals surface area contributed by atoms with Gasteiger partial charge < -0.3 is 9.72 Å². The van der Waals surface area contributed by atoms with Crippen LogP contribution in [0.5, 0.6) is 0 Å². The van der Waals surface area contributed by atoms with E-state index in [9.17, 15) is 4.79 Å². The van der Waals surface area contributed by atoms with Crippen LogP contribution in [0.1, 0.15) is 34.2 Å².